The largest absolute Gasteiger partial charge is 0.493 e. The molecule has 1 aliphatic heterocycles. The fourth-order valence-corrected chi connectivity index (χ4v) is 3.50. The number of fused-ring (bicyclic) bond motifs is 1. The van der Waals surface area contributed by atoms with Crippen molar-refractivity contribution in [2.75, 3.05) is 20.2 Å². The van der Waals surface area contributed by atoms with Crippen molar-refractivity contribution in [3.05, 3.63) is 23.3 Å². The van der Waals surface area contributed by atoms with E-state index in [4.69, 9.17) is 9.47 Å². The van der Waals surface area contributed by atoms with Crippen molar-refractivity contribution in [1.29, 1.82) is 0 Å². The van der Waals surface area contributed by atoms with E-state index < -0.39 is 0 Å². The first-order chi connectivity index (χ1) is 9.99. The van der Waals surface area contributed by atoms with E-state index in [-0.39, 0.29) is 11.6 Å². The summed E-state index contributed by atoms with van der Waals surface area (Å²) in [6, 6.07) is 4.26. The summed E-state index contributed by atoms with van der Waals surface area (Å²) in [5.74, 6) is 1.90. The number of rotatable bonds is 3. The standard InChI is InChI=1S/C18H27NO2/c1-18(2,3)19-11-10-14(12-19)21-17-15-7-5-6-13(15)8-9-16(17)20-4/h8-9,14H,5-7,10-12H2,1-4H3/t14-/m0/s1. The number of aryl methyl sites for hydroxylation is 1. The molecule has 1 aliphatic carbocycles. The van der Waals surface area contributed by atoms with Crippen LogP contribution in [0.15, 0.2) is 12.1 Å². The van der Waals surface area contributed by atoms with Crippen LogP contribution in [-0.2, 0) is 12.8 Å². The minimum atomic E-state index is 0.223. The van der Waals surface area contributed by atoms with Crippen LogP contribution in [0.3, 0.4) is 0 Å². The monoisotopic (exact) mass is 289 g/mol. The van der Waals surface area contributed by atoms with E-state index in [9.17, 15) is 0 Å². The molecule has 1 fully saturated rings. The molecule has 0 amide bonds. The smallest absolute Gasteiger partial charge is 0.165 e. The van der Waals surface area contributed by atoms with Crippen LogP contribution in [0.2, 0.25) is 0 Å². The Kier molecular flexibility index (Phi) is 3.87. The number of hydrogen-bond acceptors (Lipinski definition) is 3. The van der Waals surface area contributed by atoms with Gasteiger partial charge in [0, 0.05) is 24.2 Å². The molecule has 3 nitrogen and oxygen atoms in total. The highest BCUT2D eigenvalue weighted by Gasteiger charge is 2.32. The molecule has 0 spiro atoms. The summed E-state index contributed by atoms with van der Waals surface area (Å²) < 4.78 is 11.9. The van der Waals surface area contributed by atoms with E-state index in [0.717, 1.165) is 37.4 Å². The molecule has 0 aromatic heterocycles. The summed E-state index contributed by atoms with van der Waals surface area (Å²) in [6.07, 6.45) is 4.92. The Labute approximate surface area is 128 Å². The van der Waals surface area contributed by atoms with Crippen molar-refractivity contribution in [2.24, 2.45) is 0 Å². The second-order valence-electron chi connectivity index (χ2n) is 7.23. The lowest BCUT2D eigenvalue weighted by Gasteiger charge is -2.31. The first kappa shape index (κ1) is 14.7. The maximum absolute atomic E-state index is 6.40. The molecule has 3 heteroatoms. The number of methoxy groups -OCH3 is 1. The second kappa shape index (κ2) is 5.53. The van der Waals surface area contributed by atoms with Gasteiger partial charge in [-0.1, -0.05) is 6.07 Å². The molecule has 2 aliphatic rings. The lowest BCUT2D eigenvalue weighted by molar-refractivity contribution is 0.138. The molecule has 1 atom stereocenters. The van der Waals surface area contributed by atoms with E-state index in [0.29, 0.717) is 0 Å². The van der Waals surface area contributed by atoms with Crippen molar-refractivity contribution in [2.45, 2.75) is 58.1 Å². The summed E-state index contributed by atoms with van der Waals surface area (Å²) in [4.78, 5) is 2.51. The molecular formula is C18H27NO2. The van der Waals surface area contributed by atoms with Gasteiger partial charge in [-0.15, -0.1) is 0 Å². The van der Waals surface area contributed by atoms with Gasteiger partial charge in [0.1, 0.15) is 6.10 Å². The molecule has 0 bridgehead atoms. The van der Waals surface area contributed by atoms with Crippen LogP contribution in [0.5, 0.6) is 11.5 Å². The Morgan fingerprint density at radius 2 is 2.00 bits per heavy atom. The second-order valence-corrected chi connectivity index (χ2v) is 7.23. The topological polar surface area (TPSA) is 21.7 Å². The van der Waals surface area contributed by atoms with Gasteiger partial charge in [0.2, 0.25) is 0 Å². The first-order valence-corrected chi connectivity index (χ1v) is 8.09. The van der Waals surface area contributed by atoms with Gasteiger partial charge in [-0.25, -0.2) is 0 Å². The lowest BCUT2D eigenvalue weighted by Crippen LogP contribution is -2.40. The molecule has 116 valence electrons. The Balaban J connectivity index is 1.78. The summed E-state index contributed by atoms with van der Waals surface area (Å²) in [5, 5.41) is 0. The van der Waals surface area contributed by atoms with Crippen LogP contribution < -0.4 is 9.47 Å². The highest BCUT2D eigenvalue weighted by Crippen LogP contribution is 2.39. The predicted molar refractivity (Wildman–Crippen MR) is 85.4 cm³/mol. The molecule has 1 heterocycles. The SMILES string of the molecule is COc1ccc2c(c1O[C@H]1CCN(C(C)(C)C)C1)CCC2. The fraction of sp³-hybridized carbons (Fsp3) is 0.667. The lowest BCUT2D eigenvalue weighted by atomic mass is 10.1. The average Bonchev–Trinajstić information content (AvgIpc) is 3.06. The highest BCUT2D eigenvalue weighted by atomic mass is 16.5. The summed E-state index contributed by atoms with van der Waals surface area (Å²) in [6.45, 7) is 8.95. The van der Waals surface area contributed by atoms with Crippen molar-refractivity contribution < 1.29 is 9.47 Å². The number of ether oxygens (including phenoxy) is 2. The van der Waals surface area contributed by atoms with Gasteiger partial charge in [-0.05, 0) is 58.1 Å². The molecular weight excluding hydrogens is 262 g/mol. The highest BCUT2D eigenvalue weighted by molar-refractivity contribution is 5.52. The van der Waals surface area contributed by atoms with Gasteiger partial charge >= 0.3 is 0 Å². The summed E-state index contributed by atoms with van der Waals surface area (Å²) in [7, 11) is 1.74. The Morgan fingerprint density at radius 1 is 1.19 bits per heavy atom. The number of benzene rings is 1. The molecule has 3 rings (SSSR count). The van der Waals surface area contributed by atoms with Crippen LogP contribution in [0.25, 0.3) is 0 Å². The quantitative estimate of drug-likeness (QED) is 0.851. The third-order valence-electron chi connectivity index (χ3n) is 4.79. The molecule has 0 saturated carbocycles. The zero-order chi connectivity index (χ0) is 15.0. The van der Waals surface area contributed by atoms with Gasteiger partial charge in [0.15, 0.2) is 11.5 Å². The first-order valence-electron chi connectivity index (χ1n) is 8.09. The van der Waals surface area contributed by atoms with Crippen molar-refractivity contribution >= 4 is 0 Å². The third-order valence-corrected chi connectivity index (χ3v) is 4.79. The van der Waals surface area contributed by atoms with Gasteiger partial charge < -0.3 is 9.47 Å². The molecule has 1 saturated heterocycles. The van der Waals surface area contributed by atoms with Crippen molar-refractivity contribution in [1.82, 2.24) is 4.90 Å². The molecule has 0 radical (unpaired) electrons. The van der Waals surface area contributed by atoms with E-state index in [2.05, 4.69) is 37.8 Å². The normalized spacial score (nSPS) is 22.4. The van der Waals surface area contributed by atoms with Crippen LogP contribution in [-0.4, -0.2) is 36.7 Å². The maximum Gasteiger partial charge on any atom is 0.165 e. The minimum Gasteiger partial charge on any atom is -0.493 e. The number of nitrogens with zero attached hydrogens (tertiary/aromatic N) is 1. The minimum absolute atomic E-state index is 0.223. The van der Waals surface area contributed by atoms with Crippen molar-refractivity contribution in [3.8, 4) is 11.5 Å². The van der Waals surface area contributed by atoms with Crippen LogP contribution in [0.1, 0.15) is 44.7 Å². The number of hydrogen-bond donors (Lipinski definition) is 0. The van der Waals surface area contributed by atoms with Gasteiger partial charge in [0.25, 0.3) is 0 Å². The Hall–Kier alpha value is -1.22. The molecule has 21 heavy (non-hydrogen) atoms. The van der Waals surface area contributed by atoms with E-state index in [1.807, 2.05) is 0 Å². The van der Waals surface area contributed by atoms with Gasteiger partial charge in [-0.3, -0.25) is 4.90 Å². The molecule has 1 aromatic carbocycles. The molecule has 0 unspecified atom stereocenters. The molecule has 0 N–H and O–H groups in total. The zero-order valence-corrected chi connectivity index (χ0v) is 13.7. The number of likely N-dealkylation sites (tertiary alicyclic amines) is 1. The average molecular weight is 289 g/mol. The molecule has 1 aromatic rings. The van der Waals surface area contributed by atoms with Crippen LogP contribution >= 0.6 is 0 Å². The van der Waals surface area contributed by atoms with Gasteiger partial charge in [-0.2, -0.15) is 0 Å². The maximum atomic E-state index is 6.40. The summed E-state index contributed by atoms with van der Waals surface area (Å²) in [5.41, 5.74) is 3.04. The summed E-state index contributed by atoms with van der Waals surface area (Å²) >= 11 is 0. The van der Waals surface area contributed by atoms with Crippen LogP contribution in [0.4, 0.5) is 0 Å². The van der Waals surface area contributed by atoms with E-state index in [1.54, 1.807) is 7.11 Å². The predicted octanol–water partition coefficient (Wildman–Crippen LogP) is 3.44. The fourth-order valence-electron chi connectivity index (χ4n) is 3.50. The Morgan fingerprint density at radius 3 is 2.67 bits per heavy atom. The third kappa shape index (κ3) is 2.89. The van der Waals surface area contributed by atoms with E-state index in [1.165, 1.54) is 24.0 Å². The Bertz CT molecular complexity index is 519. The van der Waals surface area contributed by atoms with E-state index >= 15 is 0 Å². The van der Waals surface area contributed by atoms with Gasteiger partial charge in [0.05, 0.1) is 7.11 Å². The van der Waals surface area contributed by atoms with Crippen molar-refractivity contribution in [3.63, 3.8) is 0 Å². The zero-order valence-electron chi connectivity index (χ0n) is 13.7. The van der Waals surface area contributed by atoms with Crippen LogP contribution in [0, 0.1) is 0 Å².